The normalized spacial score (nSPS) is 16.4. The van der Waals surface area contributed by atoms with E-state index in [1.807, 2.05) is 0 Å². The smallest absolute Gasteiger partial charge is 0.417 e. The number of amides is 3. The van der Waals surface area contributed by atoms with Crippen molar-refractivity contribution < 1.29 is 49.9 Å². The standard InChI is InChI=1S/C26H15ClF7N3O4/c27-16-2-1-9(28)3-11(16)22-20-12(19-13(23(35)38)4-10(29)5-15(19)26(32,33)34)6-17-14(21(20)24(39)36-22)8-41-25(40)37(17)7-18(30)31/h1-6,18,22H,7-8H2,(H2,35,38)(H,36,39). The van der Waals surface area contributed by atoms with Crippen LogP contribution in [0.15, 0.2) is 36.4 Å². The quantitative estimate of drug-likeness (QED) is 0.353. The average Bonchev–Trinajstić information content (AvgIpc) is 3.22. The van der Waals surface area contributed by atoms with Crippen LogP contribution in [0.5, 0.6) is 0 Å². The van der Waals surface area contributed by atoms with Crippen LogP contribution in [0.3, 0.4) is 0 Å². The lowest BCUT2D eigenvalue weighted by Crippen LogP contribution is -2.39. The molecular formula is C26H15ClF7N3O4. The van der Waals surface area contributed by atoms with Gasteiger partial charge in [0.15, 0.2) is 0 Å². The number of alkyl halides is 5. The summed E-state index contributed by atoms with van der Waals surface area (Å²) in [6.07, 6.45) is -9.71. The number of hydrogen-bond donors (Lipinski definition) is 2. The van der Waals surface area contributed by atoms with Crippen molar-refractivity contribution in [2.75, 3.05) is 11.4 Å². The van der Waals surface area contributed by atoms with Crippen LogP contribution in [0.4, 0.5) is 41.2 Å². The minimum Gasteiger partial charge on any atom is -0.444 e. The minimum atomic E-state index is -5.30. The van der Waals surface area contributed by atoms with E-state index in [-0.39, 0.29) is 33.3 Å². The molecule has 0 radical (unpaired) electrons. The van der Waals surface area contributed by atoms with Gasteiger partial charge in [0, 0.05) is 27.3 Å². The number of nitrogens with zero attached hydrogens (tertiary/aromatic N) is 1. The Morgan fingerprint density at radius 3 is 2.44 bits per heavy atom. The molecule has 2 aliphatic heterocycles. The third kappa shape index (κ3) is 4.81. The van der Waals surface area contributed by atoms with Crippen LogP contribution in [-0.2, 0) is 17.5 Å². The fraction of sp³-hybridized carbons (Fsp3) is 0.192. The van der Waals surface area contributed by atoms with Gasteiger partial charge in [-0.3, -0.25) is 14.5 Å². The van der Waals surface area contributed by atoms with Gasteiger partial charge in [0.1, 0.15) is 18.2 Å². The highest BCUT2D eigenvalue weighted by Crippen LogP contribution is 2.50. The van der Waals surface area contributed by atoms with Gasteiger partial charge in [-0.15, -0.1) is 0 Å². The Balaban J connectivity index is 1.96. The van der Waals surface area contributed by atoms with Crippen LogP contribution < -0.4 is 16.0 Å². The van der Waals surface area contributed by atoms with Crippen LogP contribution in [0.2, 0.25) is 5.02 Å². The molecule has 0 aliphatic carbocycles. The predicted molar refractivity (Wildman–Crippen MR) is 130 cm³/mol. The van der Waals surface area contributed by atoms with Crippen molar-refractivity contribution in [1.29, 1.82) is 0 Å². The molecule has 2 heterocycles. The van der Waals surface area contributed by atoms with E-state index < -0.39 is 89.3 Å². The van der Waals surface area contributed by atoms with Gasteiger partial charge in [0.2, 0.25) is 5.91 Å². The first kappa shape index (κ1) is 28.2. The number of nitrogens with two attached hydrogens (primary N) is 1. The number of ether oxygens (including phenoxy) is 1. The van der Waals surface area contributed by atoms with E-state index >= 15 is 0 Å². The number of rotatable bonds is 5. The monoisotopic (exact) mass is 601 g/mol. The van der Waals surface area contributed by atoms with Crippen LogP contribution in [-0.4, -0.2) is 30.9 Å². The van der Waals surface area contributed by atoms with Crippen LogP contribution in [0, 0.1) is 11.6 Å². The van der Waals surface area contributed by atoms with Crippen LogP contribution in [0.25, 0.3) is 11.1 Å². The maximum absolute atomic E-state index is 14.3. The van der Waals surface area contributed by atoms with Crippen molar-refractivity contribution in [3.05, 3.63) is 86.4 Å². The average molecular weight is 602 g/mol. The lowest BCUT2D eigenvalue weighted by molar-refractivity contribution is -0.137. The van der Waals surface area contributed by atoms with Crippen molar-refractivity contribution in [3.63, 3.8) is 0 Å². The molecule has 15 heteroatoms. The van der Waals surface area contributed by atoms with Crippen LogP contribution >= 0.6 is 11.6 Å². The number of carbonyl (C=O) groups is 3. The largest absolute Gasteiger partial charge is 0.444 e. The van der Waals surface area contributed by atoms with E-state index in [9.17, 15) is 45.1 Å². The first-order valence-electron chi connectivity index (χ1n) is 11.6. The molecule has 0 saturated heterocycles. The lowest BCUT2D eigenvalue weighted by Gasteiger charge is -2.31. The second-order valence-corrected chi connectivity index (χ2v) is 9.48. The van der Waals surface area contributed by atoms with Crippen molar-refractivity contribution in [2.24, 2.45) is 5.73 Å². The van der Waals surface area contributed by atoms with Gasteiger partial charge in [-0.1, -0.05) is 11.6 Å². The molecule has 2 aliphatic rings. The van der Waals surface area contributed by atoms with Gasteiger partial charge in [0.05, 0.1) is 35.0 Å². The molecule has 7 nitrogen and oxygen atoms in total. The van der Waals surface area contributed by atoms with E-state index in [0.29, 0.717) is 11.0 Å². The summed E-state index contributed by atoms with van der Waals surface area (Å²) in [6.45, 7) is -1.89. The minimum absolute atomic E-state index is 0.0905. The van der Waals surface area contributed by atoms with Gasteiger partial charge in [0.25, 0.3) is 12.3 Å². The number of carbonyl (C=O) groups excluding carboxylic acids is 3. The van der Waals surface area contributed by atoms with Crippen molar-refractivity contribution in [1.82, 2.24) is 5.32 Å². The third-order valence-corrected chi connectivity index (χ3v) is 6.97. The molecule has 3 aromatic rings. The molecule has 0 fully saturated rings. The molecule has 3 N–H and O–H groups in total. The Morgan fingerprint density at radius 1 is 1.10 bits per heavy atom. The van der Waals surface area contributed by atoms with E-state index in [4.69, 9.17) is 22.1 Å². The molecule has 0 aromatic heterocycles. The number of nitrogens with one attached hydrogen (secondary N) is 1. The van der Waals surface area contributed by atoms with E-state index in [1.54, 1.807) is 0 Å². The Morgan fingerprint density at radius 2 is 1.80 bits per heavy atom. The fourth-order valence-electron chi connectivity index (χ4n) is 5.06. The Hall–Kier alpha value is -4.33. The first-order valence-corrected chi connectivity index (χ1v) is 12.0. The van der Waals surface area contributed by atoms with Gasteiger partial charge in [-0.05, 0) is 42.0 Å². The molecule has 1 unspecified atom stereocenters. The van der Waals surface area contributed by atoms with Crippen LogP contribution in [0.1, 0.15) is 49.0 Å². The zero-order chi connectivity index (χ0) is 30.0. The number of halogens is 8. The van der Waals surface area contributed by atoms with Gasteiger partial charge in [-0.25, -0.2) is 22.4 Å². The summed E-state index contributed by atoms with van der Waals surface area (Å²) in [5.41, 5.74) is -0.209. The molecule has 1 atom stereocenters. The van der Waals surface area contributed by atoms with Crippen molar-refractivity contribution in [2.45, 2.75) is 25.3 Å². The number of anilines is 1. The SMILES string of the molecule is NC(=O)c1cc(F)cc(C(F)(F)F)c1-c1cc2c(c3c1C(c1cc(F)ccc1Cl)NC3=O)COC(=O)N2CC(F)F. The summed E-state index contributed by atoms with van der Waals surface area (Å²) in [5.74, 6) is -4.72. The zero-order valence-electron chi connectivity index (χ0n) is 20.2. The second kappa shape index (κ2) is 9.94. The topological polar surface area (TPSA) is 102 Å². The van der Waals surface area contributed by atoms with Gasteiger partial charge >= 0.3 is 12.3 Å². The molecule has 3 amide bonds. The molecule has 0 saturated carbocycles. The van der Waals surface area contributed by atoms with Crippen molar-refractivity contribution in [3.8, 4) is 11.1 Å². The number of primary amides is 1. The Kier molecular flexibility index (Phi) is 6.84. The van der Waals surface area contributed by atoms with Gasteiger partial charge < -0.3 is 15.8 Å². The lowest BCUT2D eigenvalue weighted by atomic mass is 9.83. The van der Waals surface area contributed by atoms with E-state index in [2.05, 4.69) is 5.32 Å². The first-order chi connectivity index (χ1) is 19.2. The highest BCUT2D eigenvalue weighted by molar-refractivity contribution is 6.31. The molecule has 3 aromatic carbocycles. The molecule has 41 heavy (non-hydrogen) atoms. The number of hydrogen-bond acceptors (Lipinski definition) is 4. The zero-order valence-corrected chi connectivity index (χ0v) is 21.0. The summed E-state index contributed by atoms with van der Waals surface area (Å²) in [6, 6.07) is 3.02. The number of benzene rings is 3. The predicted octanol–water partition coefficient (Wildman–Crippen LogP) is 5.96. The highest BCUT2D eigenvalue weighted by Gasteiger charge is 2.44. The van der Waals surface area contributed by atoms with E-state index in [1.165, 1.54) is 0 Å². The molecular weight excluding hydrogens is 587 g/mol. The van der Waals surface area contributed by atoms with Gasteiger partial charge in [-0.2, -0.15) is 13.2 Å². The molecule has 0 spiro atoms. The molecule has 0 bridgehead atoms. The number of fused-ring (bicyclic) bond motifs is 3. The summed E-state index contributed by atoms with van der Waals surface area (Å²) < 4.78 is 103. The Labute approximate surface area is 230 Å². The molecule has 5 rings (SSSR count). The maximum atomic E-state index is 14.3. The van der Waals surface area contributed by atoms with E-state index in [0.717, 1.165) is 24.3 Å². The third-order valence-electron chi connectivity index (χ3n) is 6.63. The summed E-state index contributed by atoms with van der Waals surface area (Å²) >= 11 is 6.26. The number of cyclic esters (lactones) is 1. The summed E-state index contributed by atoms with van der Waals surface area (Å²) in [4.78, 5) is 38.5. The maximum Gasteiger partial charge on any atom is 0.417 e. The molecule has 214 valence electrons. The Bertz CT molecular complexity index is 1640. The summed E-state index contributed by atoms with van der Waals surface area (Å²) in [5, 5.41) is 2.37. The second-order valence-electron chi connectivity index (χ2n) is 9.08. The van der Waals surface area contributed by atoms with Crippen molar-refractivity contribution >= 4 is 35.2 Å². The highest BCUT2D eigenvalue weighted by atomic mass is 35.5. The summed E-state index contributed by atoms with van der Waals surface area (Å²) in [7, 11) is 0. The fourth-order valence-corrected chi connectivity index (χ4v) is 5.29.